The second kappa shape index (κ2) is 7.29. The van der Waals surface area contributed by atoms with Gasteiger partial charge in [0.05, 0.1) is 4.91 Å². The summed E-state index contributed by atoms with van der Waals surface area (Å²) >= 11 is 8.85. The zero-order chi connectivity index (χ0) is 17.1. The van der Waals surface area contributed by atoms with Gasteiger partial charge in [-0.1, -0.05) is 47.2 Å². The highest BCUT2D eigenvalue weighted by atomic mass is 35.5. The van der Waals surface area contributed by atoms with E-state index >= 15 is 0 Å². The summed E-state index contributed by atoms with van der Waals surface area (Å²) in [6.07, 6.45) is 3.44. The molecule has 2 heterocycles. The molecule has 1 aromatic heterocycles. The van der Waals surface area contributed by atoms with Crippen LogP contribution in [0.4, 0.5) is 5.13 Å². The molecule has 1 aromatic carbocycles. The smallest absolute Gasteiger partial charge is 0.267 e. The summed E-state index contributed by atoms with van der Waals surface area (Å²) in [6, 6.07) is 7.38. The van der Waals surface area contributed by atoms with Crippen LogP contribution in [0.3, 0.4) is 0 Å². The van der Waals surface area contributed by atoms with Gasteiger partial charge >= 0.3 is 0 Å². The average Bonchev–Trinajstić information content (AvgIpc) is 3.09. The third kappa shape index (κ3) is 3.58. The highest BCUT2D eigenvalue weighted by Gasteiger charge is 2.33. The maximum absolute atomic E-state index is 12.6. The average molecular weight is 377 g/mol. The van der Waals surface area contributed by atoms with Crippen LogP contribution in [0.1, 0.15) is 10.6 Å². The van der Waals surface area contributed by atoms with Gasteiger partial charge in [-0.05, 0) is 36.4 Å². The molecule has 24 heavy (non-hydrogen) atoms. The molecule has 122 valence electrons. The molecule has 0 spiro atoms. The van der Waals surface area contributed by atoms with Gasteiger partial charge in [-0.3, -0.25) is 9.69 Å². The maximum Gasteiger partial charge on any atom is 0.267 e. The van der Waals surface area contributed by atoms with Crippen molar-refractivity contribution in [3.05, 3.63) is 57.4 Å². The third-order valence-corrected chi connectivity index (χ3v) is 5.18. The van der Waals surface area contributed by atoms with E-state index in [0.29, 0.717) is 26.8 Å². The van der Waals surface area contributed by atoms with Crippen molar-refractivity contribution in [3.63, 3.8) is 0 Å². The van der Waals surface area contributed by atoms with Gasteiger partial charge in [0.15, 0.2) is 5.17 Å². The molecule has 1 amide bonds. The summed E-state index contributed by atoms with van der Waals surface area (Å²) in [5.74, 6) is -0.125. The molecule has 0 aliphatic carbocycles. The van der Waals surface area contributed by atoms with Gasteiger partial charge < -0.3 is 0 Å². The lowest BCUT2D eigenvalue weighted by Crippen LogP contribution is -2.29. The van der Waals surface area contributed by atoms with Crippen LogP contribution >= 0.6 is 34.7 Å². The Kier molecular flexibility index (Phi) is 5.13. The summed E-state index contributed by atoms with van der Waals surface area (Å²) in [4.78, 5) is 19.2. The van der Waals surface area contributed by atoms with Crippen molar-refractivity contribution in [2.75, 3.05) is 6.54 Å². The number of hydrogen-bond acceptors (Lipinski definition) is 6. The highest BCUT2D eigenvalue weighted by Crippen LogP contribution is 2.35. The van der Waals surface area contributed by atoms with Crippen LogP contribution in [-0.4, -0.2) is 32.7 Å². The Morgan fingerprint density at radius 1 is 1.38 bits per heavy atom. The summed E-state index contributed by atoms with van der Waals surface area (Å²) in [5, 5.41) is 10.4. The Labute approximate surface area is 152 Å². The van der Waals surface area contributed by atoms with Crippen LogP contribution in [0.5, 0.6) is 0 Å². The van der Waals surface area contributed by atoms with Gasteiger partial charge in [0.2, 0.25) is 5.13 Å². The maximum atomic E-state index is 12.6. The number of amidine groups is 1. The third-order valence-electron chi connectivity index (χ3n) is 3.10. The molecule has 1 fully saturated rings. The van der Waals surface area contributed by atoms with E-state index in [0.717, 1.165) is 10.6 Å². The molecular formula is C16H13ClN4OS2. The number of halogens is 1. The Morgan fingerprint density at radius 2 is 2.17 bits per heavy atom. The van der Waals surface area contributed by atoms with Crippen LogP contribution in [0.15, 0.2) is 46.8 Å². The predicted molar refractivity (Wildman–Crippen MR) is 101 cm³/mol. The monoisotopic (exact) mass is 376 g/mol. The molecule has 0 unspecified atom stereocenters. The molecule has 0 N–H and O–H groups in total. The van der Waals surface area contributed by atoms with Crippen LogP contribution in [0.2, 0.25) is 5.02 Å². The Morgan fingerprint density at radius 3 is 2.83 bits per heavy atom. The number of benzene rings is 1. The fourth-order valence-electron chi connectivity index (χ4n) is 2.03. The van der Waals surface area contributed by atoms with Gasteiger partial charge in [-0.2, -0.15) is 4.99 Å². The van der Waals surface area contributed by atoms with Crippen LogP contribution in [0, 0.1) is 6.92 Å². The van der Waals surface area contributed by atoms with E-state index in [1.165, 1.54) is 23.1 Å². The van der Waals surface area contributed by atoms with E-state index < -0.39 is 0 Å². The van der Waals surface area contributed by atoms with Gasteiger partial charge in [-0.15, -0.1) is 16.8 Å². The number of amides is 1. The number of carbonyl (C=O) groups is 1. The number of thioether (sulfide) groups is 1. The second-order valence-corrected chi connectivity index (χ2v) is 7.41. The summed E-state index contributed by atoms with van der Waals surface area (Å²) < 4.78 is 0. The Hall–Kier alpha value is -1.96. The van der Waals surface area contributed by atoms with Crippen LogP contribution in [0.25, 0.3) is 6.08 Å². The van der Waals surface area contributed by atoms with Gasteiger partial charge in [-0.25, -0.2) is 0 Å². The number of rotatable bonds is 4. The molecule has 0 radical (unpaired) electrons. The Balaban J connectivity index is 1.96. The molecule has 3 rings (SSSR count). The minimum Gasteiger partial charge on any atom is -0.282 e. The van der Waals surface area contributed by atoms with Crippen molar-refractivity contribution in [3.8, 4) is 0 Å². The standard InChI is InChI=1S/C16H13ClN4OS2/c1-3-8-21-14(22)13(9-11-6-4-5-7-12(11)17)24-16(21)18-15-20-19-10(2)23-15/h3-7,9H,1,8H2,2H3/b13-9+,18-16?. The fourth-order valence-corrected chi connectivity index (χ4v) is 3.82. The van der Waals surface area contributed by atoms with Crippen molar-refractivity contribution in [1.29, 1.82) is 0 Å². The SMILES string of the molecule is C=CCN1C(=O)/C(=C\c2ccccc2Cl)SC1=Nc1nnc(C)s1. The fraction of sp³-hybridized carbons (Fsp3) is 0.125. The summed E-state index contributed by atoms with van der Waals surface area (Å²) in [5.41, 5.74) is 0.793. The first-order valence-electron chi connectivity index (χ1n) is 7.04. The number of aliphatic imine (C=N–C) groups is 1. The number of aryl methyl sites for hydroxylation is 1. The topological polar surface area (TPSA) is 58.5 Å². The van der Waals surface area contributed by atoms with E-state index in [-0.39, 0.29) is 5.91 Å². The summed E-state index contributed by atoms with van der Waals surface area (Å²) in [7, 11) is 0. The molecule has 1 aliphatic rings. The lowest BCUT2D eigenvalue weighted by molar-refractivity contribution is -0.121. The first-order chi connectivity index (χ1) is 11.6. The minimum atomic E-state index is -0.125. The quantitative estimate of drug-likeness (QED) is 0.590. The molecule has 1 saturated heterocycles. The Bertz CT molecular complexity index is 859. The van der Waals surface area contributed by atoms with E-state index in [1.54, 1.807) is 23.1 Å². The lowest BCUT2D eigenvalue weighted by Gasteiger charge is -2.11. The number of hydrogen-bond donors (Lipinski definition) is 0. The van der Waals surface area contributed by atoms with Gasteiger partial charge in [0.1, 0.15) is 5.01 Å². The number of nitrogens with zero attached hydrogens (tertiary/aromatic N) is 4. The van der Waals surface area contributed by atoms with Crippen molar-refractivity contribution < 1.29 is 4.79 Å². The number of carbonyl (C=O) groups excluding carboxylic acids is 1. The van der Waals surface area contributed by atoms with E-state index in [9.17, 15) is 4.79 Å². The van der Waals surface area contributed by atoms with E-state index in [4.69, 9.17) is 11.6 Å². The van der Waals surface area contributed by atoms with Crippen LogP contribution in [-0.2, 0) is 4.79 Å². The second-order valence-electron chi connectivity index (χ2n) is 4.83. The van der Waals surface area contributed by atoms with E-state index in [1.807, 2.05) is 25.1 Å². The van der Waals surface area contributed by atoms with Gasteiger partial charge in [0.25, 0.3) is 5.91 Å². The molecule has 0 bridgehead atoms. The van der Waals surface area contributed by atoms with Crippen molar-refractivity contribution in [1.82, 2.24) is 15.1 Å². The molecule has 5 nitrogen and oxygen atoms in total. The zero-order valence-corrected chi connectivity index (χ0v) is 15.2. The van der Waals surface area contributed by atoms with Crippen molar-refractivity contribution >= 4 is 57.0 Å². The molecule has 0 saturated carbocycles. The summed E-state index contributed by atoms with van der Waals surface area (Å²) in [6.45, 7) is 5.94. The molecule has 0 atom stereocenters. The van der Waals surface area contributed by atoms with Crippen LogP contribution < -0.4 is 0 Å². The normalized spacial score (nSPS) is 17.9. The van der Waals surface area contributed by atoms with Crippen molar-refractivity contribution in [2.24, 2.45) is 4.99 Å². The number of aromatic nitrogens is 2. The molecule has 1 aliphatic heterocycles. The molecule has 2 aromatic rings. The molecular weight excluding hydrogens is 364 g/mol. The first kappa shape index (κ1) is 16.9. The minimum absolute atomic E-state index is 0.125. The first-order valence-corrected chi connectivity index (χ1v) is 9.05. The van der Waals surface area contributed by atoms with E-state index in [2.05, 4.69) is 21.8 Å². The zero-order valence-electron chi connectivity index (χ0n) is 12.8. The lowest BCUT2D eigenvalue weighted by atomic mass is 10.2. The largest absolute Gasteiger partial charge is 0.282 e. The predicted octanol–water partition coefficient (Wildman–Crippen LogP) is 4.29. The molecule has 8 heteroatoms. The highest BCUT2D eigenvalue weighted by molar-refractivity contribution is 8.18. The van der Waals surface area contributed by atoms with Gasteiger partial charge in [0, 0.05) is 11.6 Å². The van der Waals surface area contributed by atoms with Crippen molar-refractivity contribution in [2.45, 2.75) is 6.92 Å².